The van der Waals surface area contributed by atoms with Crippen LogP contribution in [0.3, 0.4) is 0 Å². The number of fused-ring (bicyclic) bond motifs is 2. The summed E-state index contributed by atoms with van der Waals surface area (Å²) in [5, 5.41) is 0.568. The summed E-state index contributed by atoms with van der Waals surface area (Å²) in [6, 6.07) is 17.3. The van der Waals surface area contributed by atoms with E-state index in [4.69, 9.17) is 20.8 Å². The van der Waals surface area contributed by atoms with Crippen molar-refractivity contribution in [3.63, 3.8) is 0 Å². The molecule has 5 rings (SSSR count). The second-order valence-corrected chi connectivity index (χ2v) is 7.99. The predicted octanol–water partition coefficient (Wildman–Crippen LogP) is 5.34. The van der Waals surface area contributed by atoms with E-state index in [0.717, 1.165) is 11.6 Å². The van der Waals surface area contributed by atoms with E-state index in [-0.39, 0.29) is 28.8 Å². The maximum Gasteiger partial charge on any atom is 0.291 e. The summed E-state index contributed by atoms with van der Waals surface area (Å²) < 4.78 is 24.9. The van der Waals surface area contributed by atoms with Crippen molar-refractivity contribution < 1.29 is 18.3 Å². The molecule has 0 aliphatic carbocycles. The van der Waals surface area contributed by atoms with Crippen molar-refractivity contribution in [3.8, 4) is 5.75 Å². The topological polar surface area (TPSA) is 59.8 Å². The van der Waals surface area contributed by atoms with Gasteiger partial charge in [-0.1, -0.05) is 35.9 Å². The van der Waals surface area contributed by atoms with Crippen LogP contribution in [0.25, 0.3) is 11.0 Å². The van der Waals surface area contributed by atoms with Crippen LogP contribution in [0.15, 0.2) is 75.9 Å². The number of hydrogen-bond donors (Lipinski definition) is 0. The first kappa shape index (κ1) is 20.3. The lowest BCUT2D eigenvalue weighted by molar-refractivity contribution is 0.0714. The first-order valence-electron chi connectivity index (χ1n) is 9.92. The van der Waals surface area contributed by atoms with E-state index in [9.17, 15) is 14.0 Å². The Balaban J connectivity index is 1.70. The molecule has 1 aromatic heterocycles. The lowest BCUT2D eigenvalue weighted by Crippen LogP contribution is -2.29. The number of carbonyl (C=O) groups is 1. The van der Waals surface area contributed by atoms with Gasteiger partial charge in [-0.05, 0) is 53.6 Å². The maximum absolute atomic E-state index is 13.9. The summed E-state index contributed by atoms with van der Waals surface area (Å²) in [5.41, 5.74) is 1.43. The highest BCUT2D eigenvalue weighted by Gasteiger charge is 2.42. The van der Waals surface area contributed by atoms with Gasteiger partial charge in [-0.25, -0.2) is 4.39 Å². The third-order valence-electron chi connectivity index (χ3n) is 5.60. The van der Waals surface area contributed by atoms with E-state index in [0.29, 0.717) is 16.3 Å². The van der Waals surface area contributed by atoms with E-state index in [1.54, 1.807) is 48.4 Å². The quantitative estimate of drug-likeness (QED) is 0.422. The zero-order valence-electron chi connectivity index (χ0n) is 17.0. The number of ether oxygens (including phenoxy) is 1. The predicted molar refractivity (Wildman–Crippen MR) is 119 cm³/mol. The van der Waals surface area contributed by atoms with Crippen LogP contribution in [0.4, 0.5) is 4.39 Å². The Hall–Kier alpha value is -3.64. The van der Waals surface area contributed by atoms with Crippen LogP contribution in [-0.2, 0) is 6.54 Å². The largest absolute Gasteiger partial charge is 0.497 e. The molecule has 7 heteroatoms. The molecular weight excluding hydrogens is 433 g/mol. The van der Waals surface area contributed by atoms with E-state index in [2.05, 4.69) is 0 Å². The molecule has 1 aliphatic rings. The van der Waals surface area contributed by atoms with Crippen molar-refractivity contribution in [2.45, 2.75) is 12.6 Å². The minimum Gasteiger partial charge on any atom is -0.497 e. The molecule has 0 saturated carbocycles. The lowest BCUT2D eigenvalue weighted by Gasteiger charge is -2.25. The number of nitrogens with zero attached hydrogens (tertiary/aromatic N) is 1. The zero-order chi connectivity index (χ0) is 22.4. The van der Waals surface area contributed by atoms with Crippen molar-refractivity contribution in [3.05, 3.63) is 110 Å². The first-order valence-corrected chi connectivity index (χ1v) is 10.3. The first-order chi connectivity index (χ1) is 15.5. The molecule has 1 unspecified atom stereocenters. The van der Waals surface area contributed by atoms with Crippen LogP contribution in [-0.4, -0.2) is 17.9 Å². The highest BCUT2D eigenvalue weighted by atomic mass is 35.5. The summed E-state index contributed by atoms with van der Waals surface area (Å²) in [6.07, 6.45) is 0. The fourth-order valence-electron chi connectivity index (χ4n) is 4.11. The molecular formula is C25H17ClFNO4. The van der Waals surface area contributed by atoms with Gasteiger partial charge in [-0.3, -0.25) is 9.59 Å². The van der Waals surface area contributed by atoms with Crippen LogP contribution >= 0.6 is 11.6 Å². The standard InChI is InChI=1S/C25H17ClFNO4/c1-31-18-8-5-14(6-9-18)13-28-22(15-3-2-4-16(26)11-15)21-23(29)19-12-17(27)7-10-20(19)32-24(21)25(28)30/h2-12,22H,13H2,1H3. The fourth-order valence-corrected chi connectivity index (χ4v) is 4.31. The van der Waals surface area contributed by atoms with Gasteiger partial charge in [0.1, 0.15) is 17.1 Å². The van der Waals surface area contributed by atoms with Crippen LogP contribution in [0.2, 0.25) is 5.02 Å². The third kappa shape index (κ3) is 3.33. The van der Waals surface area contributed by atoms with Crippen LogP contribution in [0.5, 0.6) is 5.75 Å². The van der Waals surface area contributed by atoms with Gasteiger partial charge < -0.3 is 14.1 Å². The fraction of sp³-hybridized carbons (Fsp3) is 0.120. The molecule has 32 heavy (non-hydrogen) atoms. The number of rotatable bonds is 4. The van der Waals surface area contributed by atoms with E-state index < -0.39 is 23.2 Å². The number of hydrogen-bond acceptors (Lipinski definition) is 4. The minimum absolute atomic E-state index is 0.0346. The summed E-state index contributed by atoms with van der Waals surface area (Å²) >= 11 is 6.22. The highest BCUT2D eigenvalue weighted by molar-refractivity contribution is 6.30. The smallest absolute Gasteiger partial charge is 0.291 e. The SMILES string of the molecule is COc1ccc(CN2C(=O)c3oc4ccc(F)cc4c(=O)c3C2c2cccc(Cl)c2)cc1. The molecule has 2 heterocycles. The van der Waals surface area contributed by atoms with Gasteiger partial charge in [0.25, 0.3) is 5.91 Å². The van der Waals surface area contributed by atoms with E-state index in [1.807, 2.05) is 12.1 Å². The Labute approximate surface area is 187 Å². The average molecular weight is 450 g/mol. The number of benzene rings is 3. The van der Waals surface area contributed by atoms with Gasteiger partial charge in [0.15, 0.2) is 5.43 Å². The van der Waals surface area contributed by atoms with Gasteiger partial charge in [0.2, 0.25) is 5.76 Å². The van der Waals surface area contributed by atoms with Crippen molar-refractivity contribution in [2.75, 3.05) is 7.11 Å². The van der Waals surface area contributed by atoms with Gasteiger partial charge in [-0.15, -0.1) is 0 Å². The number of methoxy groups -OCH3 is 1. The maximum atomic E-state index is 13.9. The van der Waals surface area contributed by atoms with Gasteiger partial charge in [0, 0.05) is 11.6 Å². The molecule has 0 saturated heterocycles. The second-order valence-electron chi connectivity index (χ2n) is 7.55. The Morgan fingerprint density at radius 3 is 2.56 bits per heavy atom. The molecule has 0 radical (unpaired) electrons. The molecule has 1 aliphatic heterocycles. The molecule has 0 bridgehead atoms. The Morgan fingerprint density at radius 2 is 1.84 bits per heavy atom. The summed E-state index contributed by atoms with van der Waals surface area (Å²) in [5.74, 6) is -0.304. The van der Waals surface area contributed by atoms with Crippen molar-refractivity contribution in [1.82, 2.24) is 4.90 Å². The average Bonchev–Trinajstić information content (AvgIpc) is 3.07. The summed E-state index contributed by atoms with van der Waals surface area (Å²) in [6.45, 7) is 0.231. The molecule has 0 N–H and O–H groups in total. The monoisotopic (exact) mass is 449 g/mol. The summed E-state index contributed by atoms with van der Waals surface area (Å²) in [7, 11) is 1.58. The Kier molecular flexibility index (Phi) is 4.94. The zero-order valence-corrected chi connectivity index (χ0v) is 17.7. The normalized spacial score (nSPS) is 15.3. The van der Waals surface area contributed by atoms with Gasteiger partial charge >= 0.3 is 0 Å². The second kappa shape index (κ2) is 7.80. The molecule has 4 aromatic rings. The minimum atomic E-state index is -0.720. The Bertz CT molecular complexity index is 1410. The number of halogens is 2. The van der Waals surface area contributed by atoms with E-state index >= 15 is 0 Å². The lowest BCUT2D eigenvalue weighted by atomic mass is 9.98. The molecule has 3 aromatic carbocycles. The van der Waals surface area contributed by atoms with Crippen molar-refractivity contribution in [2.24, 2.45) is 0 Å². The molecule has 0 spiro atoms. The van der Waals surface area contributed by atoms with Crippen molar-refractivity contribution >= 4 is 28.5 Å². The molecule has 0 fully saturated rings. The van der Waals surface area contributed by atoms with Gasteiger partial charge in [-0.2, -0.15) is 0 Å². The van der Waals surface area contributed by atoms with Crippen LogP contribution in [0.1, 0.15) is 33.3 Å². The Morgan fingerprint density at radius 1 is 1.06 bits per heavy atom. The third-order valence-corrected chi connectivity index (χ3v) is 5.84. The molecule has 5 nitrogen and oxygen atoms in total. The van der Waals surface area contributed by atoms with Crippen LogP contribution in [0, 0.1) is 5.82 Å². The molecule has 1 atom stereocenters. The number of amides is 1. The van der Waals surface area contributed by atoms with Gasteiger partial charge in [0.05, 0.1) is 24.1 Å². The number of carbonyl (C=O) groups excluding carboxylic acids is 1. The molecule has 160 valence electrons. The van der Waals surface area contributed by atoms with Crippen molar-refractivity contribution in [1.29, 1.82) is 0 Å². The molecule has 1 amide bonds. The van der Waals surface area contributed by atoms with Crippen LogP contribution < -0.4 is 10.2 Å². The van der Waals surface area contributed by atoms with E-state index in [1.165, 1.54) is 12.1 Å². The summed E-state index contributed by atoms with van der Waals surface area (Å²) in [4.78, 5) is 28.4. The highest BCUT2D eigenvalue weighted by Crippen LogP contribution is 2.39.